The van der Waals surface area contributed by atoms with E-state index in [1.807, 2.05) is 12.1 Å². The maximum Gasteiger partial charge on any atom is 0.115 e. The standard InChI is InChI=1S/C33H55NO5/c1-4-17-37-19-21-39-22-20-38-18-16-34(3)15-7-5-6-8-25-23-26-24-27(35)9-10-28(26)29-13-14-33(2)30(32(25)29)11-12-31(33)36/h9-10,24-25,29-32,35-36H,4-8,11-23H2,1-3H3/t25-,29-,30+,31+,32-,33+/m1/s1. The average molecular weight is 546 g/mol. The van der Waals surface area contributed by atoms with Crippen LogP contribution in [0.5, 0.6) is 5.75 Å². The van der Waals surface area contributed by atoms with E-state index in [2.05, 4.69) is 31.9 Å². The van der Waals surface area contributed by atoms with Crippen molar-refractivity contribution in [3.05, 3.63) is 29.3 Å². The Balaban J connectivity index is 1.16. The predicted molar refractivity (Wildman–Crippen MR) is 156 cm³/mol. The third-order valence-electron chi connectivity index (χ3n) is 10.2. The SMILES string of the molecule is CCCOCCOCCOCCN(C)CCCCC[C@@H]1Cc2cc(O)ccc2[C@H]2CC[C@]3(C)[C@@H](O)CC[C@H]3[C@H]12. The molecule has 222 valence electrons. The number of aliphatic hydroxyl groups is 1. The first-order valence-electron chi connectivity index (χ1n) is 15.9. The number of rotatable bonds is 17. The van der Waals surface area contributed by atoms with E-state index in [-0.39, 0.29) is 11.5 Å². The van der Waals surface area contributed by atoms with Crippen LogP contribution in [0.1, 0.15) is 88.7 Å². The molecule has 4 rings (SSSR count). The first-order valence-corrected chi connectivity index (χ1v) is 15.9. The number of phenolic OH excluding ortho intramolecular Hbond substituents is 1. The number of ether oxygens (including phenoxy) is 3. The molecule has 2 N–H and O–H groups in total. The first-order chi connectivity index (χ1) is 18.9. The van der Waals surface area contributed by atoms with Gasteiger partial charge in [0.15, 0.2) is 0 Å². The average Bonchev–Trinajstić information content (AvgIpc) is 3.23. The van der Waals surface area contributed by atoms with Crippen molar-refractivity contribution in [2.45, 2.75) is 90.1 Å². The molecular weight excluding hydrogens is 490 g/mol. The Kier molecular flexibility index (Phi) is 12.0. The predicted octanol–water partition coefficient (Wildman–Crippen LogP) is 5.79. The van der Waals surface area contributed by atoms with Gasteiger partial charge in [0.05, 0.1) is 39.1 Å². The Morgan fingerprint density at radius 2 is 1.67 bits per heavy atom. The van der Waals surface area contributed by atoms with E-state index in [9.17, 15) is 10.2 Å². The molecule has 0 radical (unpaired) electrons. The number of aliphatic hydroxyl groups excluding tert-OH is 1. The summed E-state index contributed by atoms with van der Waals surface area (Å²) in [5.74, 6) is 2.95. The fourth-order valence-corrected chi connectivity index (χ4v) is 8.01. The Labute approximate surface area is 237 Å². The van der Waals surface area contributed by atoms with Gasteiger partial charge < -0.3 is 29.3 Å². The maximum absolute atomic E-state index is 10.9. The monoisotopic (exact) mass is 545 g/mol. The molecule has 0 heterocycles. The minimum absolute atomic E-state index is 0.0911. The van der Waals surface area contributed by atoms with Crippen LogP contribution >= 0.6 is 0 Å². The second-order valence-electron chi connectivity index (χ2n) is 12.8. The van der Waals surface area contributed by atoms with E-state index in [0.717, 1.165) is 52.0 Å². The Hall–Kier alpha value is -1.18. The van der Waals surface area contributed by atoms with Crippen molar-refractivity contribution in [3.63, 3.8) is 0 Å². The molecular formula is C33H55NO5. The lowest BCUT2D eigenvalue weighted by atomic mass is 9.52. The lowest BCUT2D eigenvalue weighted by Crippen LogP contribution is -2.47. The van der Waals surface area contributed by atoms with Gasteiger partial charge in [0.1, 0.15) is 5.75 Å². The number of hydrogen-bond donors (Lipinski definition) is 2. The van der Waals surface area contributed by atoms with Crippen LogP contribution in [0.3, 0.4) is 0 Å². The molecule has 1 aromatic carbocycles. The van der Waals surface area contributed by atoms with Gasteiger partial charge in [-0.15, -0.1) is 0 Å². The molecule has 0 saturated heterocycles. The number of benzene rings is 1. The van der Waals surface area contributed by atoms with Crippen molar-refractivity contribution >= 4 is 0 Å². The summed E-state index contributed by atoms with van der Waals surface area (Å²) in [5, 5.41) is 21.1. The molecule has 2 saturated carbocycles. The van der Waals surface area contributed by atoms with Crippen molar-refractivity contribution in [1.82, 2.24) is 4.90 Å². The zero-order valence-corrected chi connectivity index (χ0v) is 24.9. The Bertz CT molecular complexity index is 864. The van der Waals surface area contributed by atoms with E-state index in [1.54, 1.807) is 0 Å². The van der Waals surface area contributed by atoms with Crippen LogP contribution in [0.25, 0.3) is 0 Å². The highest BCUT2D eigenvalue weighted by molar-refractivity contribution is 5.40. The van der Waals surface area contributed by atoms with Crippen LogP contribution in [-0.4, -0.2) is 81.0 Å². The molecule has 39 heavy (non-hydrogen) atoms. The molecule has 1 aromatic rings. The van der Waals surface area contributed by atoms with Gasteiger partial charge in [-0.2, -0.15) is 0 Å². The van der Waals surface area contributed by atoms with Gasteiger partial charge in [-0.1, -0.05) is 32.8 Å². The highest BCUT2D eigenvalue weighted by Gasteiger charge is 2.56. The van der Waals surface area contributed by atoms with Crippen molar-refractivity contribution in [2.75, 3.05) is 59.8 Å². The van der Waals surface area contributed by atoms with Crippen LogP contribution in [0.2, 0.25) is 0 Å². The number of hydrogen-bond acceptors (Lipinski definition) is 6. The third kappa shape index (κ3) is 7.97. The molecule has 0 aromatic heterocycles. The number of nitrogens with zero attached hydrogens (tertiary/aromatic N) is 1. The third-order valence-corrected chi connectivity index (χ3v) is 10.2. The van der Waals surface area contributed by atoms with Gasteiger partial charge in [-0.05, 0) is 117 Å². The molecule has 3 aliphatic rings. The van der Waals surface area contributed by atoms with Gasteiger partial charge in [0.2, 0.25) is 0 Å². The molecule has 6 nitrogen and oxygen atoms in total. The first kappa shape index (κ1) is 30.8. The normalized spacial score (nSPS) is 29.8. The summed E-state index contributed by atoms with van der Waals surface area (Å²) in [6, 6.07) is 6.11. The number of phenols is 1. The van der Waals surface area contributed by atoms with Gasteiger partial charge in [-0.3, -0.25) is 0 Å². The molecule has 0 unspecified atom stereocenters. The van der Waals surface area contributed by atoms with Gasteiger partial charge in [0.25, 0.3) is 0 Å². The number of likely N-dealkylation sites (N-methyl/N-ethyl adjacent to an activating group) is 1. The molecule has 0 aliphatic heterocycles. The lowest BCUT2D eigenvalue weighted by molar-refractivity contribution is -0.0396. The van der Waals surface area contributed by atoms with Crippen LogP contribution in [0, 0.1) is 23.2 Å². The summed E-state index contributed by atoms with van der Waals surface area (Å²) < 4.78 is 16.7. The van der Waals surface area contributed by atoms with Crippen LogP contribution < -0.4 is 0 Å². The van der Waals surface area contributed by atoms with Gasteiger partial charge in [-0.25, -0.2) is 0 Å². The molecule has 0 amide bonds. The van der Waals surface area contributed by atoms with E-state index in [4.69, 9.17) is 14.2 Å². The van der Waals surface area contributed by atoms with E-state index < -0.39 is 0 Å². The summed E-state index contributed by atoms with van der Waals surface area (Å²) in [6.07, 6.45) is 11.4. The molecule has 3 aliphatic carbocycles. The molecule has 0 bridgehead atoms. The lowest BCUT2D eigenvalue weighted by Gasteiger charge is -2.53. The summed E-state index contributed by atoms with van der Waals surface area (Å²) >= 11 is 0. The molecule has 6 atom stereocenters. The van der Waals surface area contributed by atoms with Crippen LogP contribution in [0.4, 0.5) is 0 Å². The molecule has 2 fully saturated rings. The number of aromatic hydroxyl groups is 1. The fourth-order valence-electron chi connectivity index (χ4n) is 8.01. The summed E-state index contributed by atoms with van der Waals surface area (Å²) in [4.78, 5) is 2.38. The van der Waals surface area contributed by atoms with Crippen molar-refractivity contribution in [3.8, 4) is 5.75 Å². The van der Waals surface area contributed by atoms with Gasteiger partial charge >= 0.3 is 0 Å². The topological polar surface area (TPSA) is 71.4 Å². The Morgan fingerprint density at radius 3 is 2.44 bits per heavy atom. The molecule has 0 spiro atoms. The van der Waals surface area contributed by atoms with Crippen molar-refractivity contribution in [1.29, 1.82) is 0 Å². The van der Waals surface area contributed by atoms with E-state index in [1.165, 1.54) is 49.7 Å². The van der Waals surface area contributed by atoms with E-state index in [0.29, 0.717) is 55.8 Å². The smallest absolute Gasteiger partial charge is 0.115 e. The minimum Gasteiger partial charge on any atom is -0.508 e. The van der Waals surface area contributed by atoms with Crippen LogP contribution in [0.15, 0.2) is 18.2 Å². The van der Waals surface area contributed by atoms with Crippen molar-refractivity contribution in [2.24, 2.45) is 23.2 Å². The summed E-state index contributed by atoms with van der Waals surface area (Å²) in [6.45, 7) is 10.7. The van der Waals surface area contributed by atoms with Gasteiger partial charge in [0, 0.05) is 13.2 Å². The Morgan fingerprint density at radius 1 is 0.923 bits per heavy atom. The summed E-state index contributed by atoms with van der Waals surface area (Å²) in [5.41, 5.74) is 2.94. The molecule has 6 heteroatoms. The maximum atomic E-state index is 10.9. The zero-order valence-electron chi connectivity index (χ0n) is 24.9. The zero-order chi connectivity index (χ0) is 27.7. The van der Waals surface area contributed by atoms with Crippen LogP contribution in [-0.2, 0) is 20.6 Å². The minimum atomic E-state index is -0.137. The summed E-state index contributed by atoms with van der Waals surface area (Å²) in [7, 11) is 2.19. The largest absolute Gasteiger partial charge is 0.508 e. The highest BCUT2D eigenvalue weighted by atomic mass is 16.5. The number of unbranched alkanes of at least 4 members (excludes halogenated alkanes) is 2. The fraction of sp³-hybridized carbons (Fsp3) is 0.818. The quantitative estimate of drug-likeness (QED) is 0.242. The second-order valence-corrected chi connectivity index (χ2v) is 12.8. The number of fused-ring (bicyclic) bond motifs is 5. The highest BCUT2D eigenvalue weighted by Crippen LogP contribution is 2.62. The van der Waals surface area contributed by atoms with Crippen molar-refractivity contribution < 1.29 is 24.4 Å². The second kappa shape index (κ2) is 15.2. The van der Waals surface area contributed by atoms with E-state index >= 15 is 0 Å².